The Morgan fingerprint density at radius 2 is 1.93 bits per heavy atom. The van der Waals surface area contributed by atoms with E-state index < -0.39 is 29.7 Å². The number of rotatable bonds is 9. The lowest BCUT2D eigenvalue weighted by Crippen LogP contribution is -2.45. The number of benzene rings is 1. The monoisotopic (exact) mass is 393 g/mol. The molecule has 1 atom stereocenters. The van der Waals surface area contributed by atoms with Gasteiger partial charge in [-0.15, -0.1) is 0 Å². The van der Waals surface area contributed by atoms with Crippen molar-refractivity contribution in [3.63, 3.8) is 0 Å². The molecule has 9 heteroatoms. The maximum Gasteiger partial charge on any atom is 0.325 e. The first kappa shape index (κ1) is 21.6. The number of urea groups is 1. The predicted octanol–water partition coefficient (Wildman–Crippen LogP) is 0.896. The lowest BCUT2D eigenvalue weighted by atomic mass is 9.86. The largest absolute Gasteiger partial charge is 0.496 e. The van der Waals surface area contributed by atoms with Gasteiger partial charge in [0.05, 0.1) is 13.7 Å². The molecule has 9 nitrogen and oxygen atoms in total. The molecule has 2 rings (SSSR count). The average molecular weight is 393 g/mol. The summed E-state index contributed by atoms with van der Waals surface area (Å²) in [4.78, 5) is 38.7. The minimum Gasteiger partial charge on any atom is -0.496 e. The number of aryl methyl sites for hydroxylation is 1. The second kappa shape index (κ2) is 9.03. The molecule has 1 fully saturated rings. The minimum absolute atomic E-state index is 0.103. The molecule has 0 radical (unpaired) electrons. The van der Waals surface area contributed by atoms with E-state index in [1.54, 1.807) is 19.2 Å². The highest BCUT2D eigenvalue weighted by molar-refractivity contribution is 6.09. The molecular formula is C19H27N3O6. The maximum atomic E-state index is 13.1. The molecule has 0 spiro atoms. The Bertz CT molecular complexity index is 749. The van der Waals surface area contributed by atoms with Crippen LogP contribution in [0.5, 0.6) is 5.75 Å². The van der Waals surface area contributed by atoms with Crippen LogP contribution in [-0.4, -0.2) is 63.5 Å². The van der Waals surface area contributed by atoms with E-state index >= 15 is 0 Å². The highest BCUT2D eigenvalue weighted by Crippen LogP contribution is 2.34. The second-order valence-electron chi connectivity index (χ2n) is 6.47. The number of amides is 4. The standard InChI is InChI=1S/C19H27N3O6/c1-6-19(13-7-8-14(26-3)12(2)9-13)17(24)22(18(25)21-19)11-15(23)20-10-16(27-4)28-5/h7-9,16H,6,10-11H2,1-5H3,(H,20,23)(H,21,25). The van der Waals surface area contributed by atoms with Gasteiger partial charge in [-0.1, -0.05) is 13.0 Å². The lowest BCUT2D eigenvalue weighted by Gasteiger charge is -2.26. The molecule has 1 aromatic carbocycles. The zero-order chi connectivity index (χ0) is 20.9. The van der Waals surface area contributed by atoms with Crippen LogP contribution in [0.25, 0.3) is 0 Å². The number of nitrogens with one attached hydrogen (secondary N) is 2. The summed E-state index contributed by atoms with van der Waals surface area (Å²) in [5, 5.41) is 5.34. The van der Waals surface area contributed by atoms with Crippen molar-refractivity contribution < 1.29 is 28.6 Å². The fourth-order valence-corrected chi connectivity index (χ4v) is 3.21. The van der Waals surface area contributed by atoms with Crippen LogP contribution in [0.1, 0.15) is 24.5 Å². The third-order valence-electron chi connectivity index (χ3n) is 4.89. The van der Waals surface area contributed by atoms with Gasteiger partial charge >= 0.3 is 6.03 Å². The summed E-state index contributed by atoms with van der Waals surface area (Å²) in [6.45, 7) is 3.39. The fraction of sp³-hybridized carbons (Fsp3) is 0.526. The van der Waals surface area contributed by atoms with Gasteiger partial charge in [-0.2, -0.15) is 0 Å². The molecule has 28 heavy (non-hydrogen) atoms. The van der Waals surface area contributed by atoms with E-state index in [0.29, 0.717) is 17.7 Å². The summed E-state index contributed by atoms with van der Waals surface area (Å²) in [5.41, 5.74) is 0.278. The Labute approximate surface area is 164 Å². The van der Waals surface area contributed by atoms with E-state index in [1.807, 2.05) is 19.9 Å². The van der Waals surface area contributed by atoms with Crippen molar-refractivity contribution in [3.05, 3.63) is 29.3 Å². The number of nitrogens with zero attached hydrogens (tertiary/aromatic N) is 1. The smallest absolute Gasteiger partial charge is 0.325 e. The van der Waals surface area contributed by atoms with Crippen molar-refractivity contribution in [2.45, 2.75) is 32.1 Å². The van der Waals surface area contributed by atoms with Crippen molar-refractivity contribution in [1.29, 1.82) is 0 Å². The zero-order valence-corrected chi connectivity index (χ0v) is 16.8. The van der Waals surface area contributed by atoms with Gasteiger partial charge in [0.15, 0.2) is 6.29 Å². The third-order valence-corrected chi connectivity index (χ3v) is 4.89. The SMILES string of the molecule is CCC1(c2ccc(OC)c(C)c2)NC(=O)N(CC(=O)NCC(OC)OC)C1=O. The summed E-state index contributed by atoms with van der Waals surface area (Å²) in [6, 6.07) is 4.71. The average Bonchev–Trinajstić information content (AvgIpc) is 2.93. The van der Waals surface area contributed by atoms with Gasteiger partial charge in [-0.3, -0.25) is 14.5 Å². The molecule has 0 aromatic heterocycles. The van der Waals surface area contributed by atoms with E-state index in [2.05, 4.69) is 10.6 Å². The van der Waals surface area contributed by atoms with Gasteiger partial charge in [-0.25, -0.2) is 4.79 Å². The van der Waals surface area contributed by atoms with Crippen LogP contribution >= 0.6 is 0 Å². The molecule has 0 saturated carbocycles. The fourth-order valence-electron chi connectivity index (χ4n) is 3.21. The van der Waals surface area contributed by atoms with Crippen molar-refractivity contribution in [3.8, 4) is 5.75 Å². The molecule has 1 saturated heterocycles. The van der Waals surface area contributed by atoms with Crippen LogP contribution in [0.2, 0.25) is 0 Å². The van der Waals surface area contributed by atoms with Crippen LogP contribution in [-0.2, 0) is 24.6 Å². The van der Waals surface area contributed by atoms with Crippen molar-refractivity contribution in [1.82, 2.24) is 15.5 Å². The number of hydrogen-bond donors (Lipinski definition) is 2. The highest BCUT2D eigenvalue weighted by atomic mass is 16.7. The third kappa shape index (κ3) is 4.10. The number of hydrogen-bond acceptors (Lipinski definition) is 6. The van der Waals surface area contributed by atoms with Crippen LogP contribution in [0.4, 0.5) is 4.79 Å². The molecule has 154 valence electrons. The Morgan fingerprint density at radius 1 is 1.25 bits per heavy atom. The van der Waals surface area contributed by atoms with Crippen LogP contribution in [0.3, 0.4) is 0 Å². The van der Waals surface area contributed by atoms with Gasteiger partial charge in [0.1, 0.15) is 17.8 Å². The second-order valence-corrected chi connectivity index (χ2v) is 6.47. The van der Waals surface area contributed by atoms with Crippen molar-refractivity contribution >= 4 is 17.8 Å². The van der Waals surface area contributed by atoms with E-state index in [1.165, 1.54) is 14.2 Å². The van der Waals surface area contributed by atoms with E-state index in [9.17, 15) is 14.4 Å². The van der Waals surface area contributed by atoms with Crippen LogP contribution < -0.4 is 15.4 Å². The van der Waals surface area contributed by atoms with Gasteiger partial charge in [0, 0.05) is 14.2 Å². The molecule has 1 aliphatic heterocycles. The quantitative estimate of drug-likeness (QED) is 0.477. The normalized spacial score (nSPS) is 19.1. The molecule has 4 amide bonds. The molecule has 1 aliphatic rings. The number of imide groups is 1. The van der Waals surface area contributed by atoms with E-state index in [0.717, 1.165) is 10.5 Å². The van der Waals surface area contributed by atoms with Gasteiger partial charge in [-0.05, 0) is 36.6 Å². The highest BCUT2D eigenvalue weighted by Gasteiger charge is 2.51. The minimum atomic E-state index is -1.21. The van der Waals surface area contributed by atoms with Crippen LogP contribution in [0.15, 0.2) is 18.2 Å². The first-order valence-electron chi connectivity index (χ1n) is 8.94. The Hall–Kier alpha value is -2.65. The van der Waals surface area contributed by atoms with E-state index in [4.69, 9.17) is 14.2 Å². The number of methoxy groups -OCH3 is 3. The van der Waals surface area contributed by atoms with Gasteiger partial charge < -0.3 is 24.8 Å². The van der Waals surface area contributed by atoms with Crippen molar-refractivity contribution in [2.24, 2.45) is 0 Å². The summed E-state index contributed by atoms with van der Waals surface area (Å²) < 4.78 is 15.2. The first-order valence-corrected chi connectivity index (χ1v) is 8.94. The lowest BCUT2D eigenvalue weighted by molar-refractivity contribution is -0.136. The maximum absolute atomic E-state index is 13.1. The summed E-state index contributed by atoms with van der Waals surface area (Å²) >= 11 is 0. The Balaban J connectivity index is 2.18. The Kier molecular flexibility index (Phi) is 6.98. The predicted molar refractivity (Wildman–Crippen MR) is 101 cm³/mol. The Morgan fingerprint density at radius 3 is 2.46 bits per heavy atom. The molecule has 0 aliphatic carbocycles. The van der Waals surface area contributed by atoms with Crippen LogP contribution in [0, 0.1) is 6.92 Å². The van der Waals surface area contributed by atoms with Gasteiger partial charge in [0.25, 0.3) is 5.91 Å². The van der Waals surface area contributed by atoms with Crippen molar-refractivity contribution in [2.75, 3.05) is 34.4 Å². The summed E-state index contributed by atoms with van der Waals surface area (Å²) in [5.74, 6) is -0.260. The summed E-state index contributed by atoms with van der Waals surface area (Å²) in [6.07, 6.45) is -0.263. The zero-order valence-electron chi connectivity index (χ0n) is 16.8. The molecular weight excluding hydrogens is 366 g/mol. The number of ether oxygens (including phenoxy) is 3. The molecule has 1 unspecified atom stereocenters. The molecule has 1 heterocycles. The first-order chi connectivity index (χ1) is 13.3. The number of carbonyl (C=O) groups is 3. The summed E-state index contributed by atoms with van der Waals surface area (Å²) in [7, 11) is 4.46. The molecule has 2 N–H and O–H groups in total. The van der Waals surface area contributed by atoms with E-state index in [-0.39, 0.29) is 13.1 Å². The van der Waals surface area contributed by atoms with Gasteiger partial charge in [0.2, 0.25) is 5.91 Å². The topological polar surface area (TPSA) is 106 Å². The molecule has 1 aromatic rings. The number of carbonyl (C=O) groups excluding carboxylic acids is 3. The molecule has 0 bridgehead atoms.